The summed E-state index contributed by atoms with van der Waals surface area (Å²) in [7, 11) is 0. The molecule has 2 heterocycles. The van der Waals surface area contributed by atoms with Crippen LogP contribution in [0.5, 0.6) is 0 Å². The van der Waals surface area contributed by atoms with Gasteiger partial charge in [0.15, 0.2) is 0 Å². The number of nitrogens with zero attached hydrogens (tertiary/aromatic N) is 3. The van der Waals surface area contributed by atoms with E-state index < -0.39 is 4.92 Å². The van der Waals surface area contributed by atoms with E-state index >= 15 is 0 Å². The Hall–Kier alpha value is -3.17. The zero-order valence-corrected chi connectivity index (χ0v) is 17.5. The summed E-state index contributed by atoms with van der Waals surface area (Å²) in [5.41, 5.74) is 3.58. The molecule has 0 aromatic heterocycles. The molecule has 2 aromatic carbocycles. The number of anilines is 3. The maximum Gasteiger partial charge on any atom is 0.272 e. The number of nitro groups is 1. The van der Waals surface area contributed by atoms with Crippen molar-refractivity contribution >= 4 is 28.7 Å². The number of nitro benzene ring substituents is 1. The molecular weight excluding hydrogens is 400 g/mol. The average molecular weight is 426 g/mol. The minimum atomic E-state index is -0.447. The van der Waals surface area contributed by atoms with E-state index in [2.05, 4.69) is 21.2 Å². The average Bonchev–Trinajstić information content (AvgIpc) is 2.80. The van der Waals surface area contributed by atoms with Gasteiger partial charge >= 0.3 is 0 Å². The number of morpholine rings is 2. The fraction of sp³-hybridized carbons (Fsp3) is 0.409. The number of aryl methyl sites for hydroxylation is 1. The molecule has 1 N–H and O–H groups in total. The van der Waals surface area contributed by atoms with Crippen LogP contribution in [0.15, 0.2) is 36.4 Å². The van der Waals surface area contributed by atoms with E-state index in [9.17, 15) is 14.9 Å². The highest BCUT2D eigenvalue weighted by Gasteiger charge is 2.21. The predicted molar refractivity (Wildman–Crippen MR) is 118 cm³/mol. The highest BCUT2D eigenvalue weighted by molar-refractivity contribution is 6.06. The fourth-order valence-electron chi connectivity index (χ4n) is 3.91. The van der Waals surface area contributed by atoms with Gasteiger partial charge in [0.2, 0.25) is 0 Å². The summed E-state index contributed by atoms with van der Waals surface area (Å²) in [6.07, 6.45) is 0. The van der Waals surface area contributed by atoms with Crippen LogP contribution >= 0.6 is 0 Å². The molecule has 2 aromatic rings. The van der Waals surface area contributed by atoms with Gasteiger partial charge in [0.25, 0.3) is 11.6 Å². The third-order valence-corrected chi connectivity index (χ3v) is 5.61. The third kappa shape index (κ3) is 4.78. The first-order valence-electron chi connectivity index (χ1n) is 10.4. The SMILES string of the molecule is Cc1cc(C(=O)Nc2ccc(N3CCOCC3)cc2N2CCOCC2)ccc1[N+](=O)[O-]. The van der Waals surface area contributed by atoms with Crippen LogP contribution in [0, 0.1) is 17.0 Å². The number of hydrogen-bond donors (Lipinski definition) is 1. The lowest BCUT2D eigenvalue weighted by Gasteiger charge is -2.33. The van der Waals surface area contributed by atoms with Crippen molar-refractivity contribution in [1.29, 1.82) is 0 Å². The van der Waals surface area contributed by atoms with Gasteiger partial charge < -0.3 is 24.6 Å². The second kappa shape index (κ2) is 9.32. The smallest absolute Gasteiger partial charge is 0.272 e. The van der Waals surface area contributed by atoms with Crippen LogP contribution in [0.2, 0.25) is 0 Å². The minimum absolute atomic E-state index is 0.000389. The van der Waals surface area contributed by atoms with Crippen molar-refractivity contribution in [3.05, 3.63) is 57.6 Å². The molecule has 2 fully saturated rings. The summed E-state index contributed by atoms with van der Waals surface area (Å²) < 4.78 is 10.9. The number of rotatable bonds is 5. The van der Waals surface area contributed by atoms with E-state index in [1.165, 1.54) is 12.1 Å². The standard InChI is InChI=1S/C22H26N4O5/c1-16-14-17(2-5-20(16)26(28)29)22(27)23-19-4-3-18(24-6-10-30-11-7-24)15-21(19)25-8-12-31-13-9-25/h2-5,14-15H,6-13H2,1H3,(H,23,27). The van der Waals surface area contributed by atoms with Gasteiger partial charge in [0, 0.05) is 49.1 Å². The van der Waals surface area contributed by atoms with Gasteiger partial charge in [-0.3, -0.25) is 14.9 Å². The van der Waals surface area contributed by atoms with Crippen molar-refractivity contribution in [3.8, 4) is 0 Å². The Labute approximate surface area is 180 Å². The maximum absolute atomic E-state index is 12.9. The Bertz CT molecular complexity index is 968. The first kappa shape index (κ1) is 21.1. The van der Waals surface area contributed by atoms with Gasteiger partial charge in [-0.25, -0.2) is 0 Å². The quantitative estimate of drug-likeness (QED) is 0.580. The number of amides is 1. The molecule has 0 saturated carbocycles. The van der Waals surface area contributed by atoms with E-state index in [4.69, 9.17) is 9.47 Å². The molecule has 0 atom stereocenters. The van der Waals surface area contributed by atoms with Crippen molar-refractivity contribution in [1.82, 2.24) is 0 Å². The first-order valence-corrected chi connectivity index (χ1v) is 10.4. The van der Waals surface area contributed by atoms with Crippen molar-refractivity contribution in [2.24, 2.45) is 0 Å². The van der Waals surface area contributed by atoms with Gasteiger partial charge in [-0.1, -0.05) is 0 Å². The van der Waals surface area contributed by atoms with Crippen LogP contribution in [-0.2, 0) is 9.47 Å². The first-order chi connectivity index (χ1) is 15.0. The Morgan fingerprint density at radius 2 is 1.61 bits per heavy atom. The molecule has 0 bridgehead atoms. The number of benzene rings is 2. The molecule has 0 aliphatic carbocycles. The summed E-state index contributed by atoms with van der Waals surface area (Å²) in [6, 6.07) is 10.4. The maximum atomic E-state index is 12.9. The molecule has 2 aliphatic heterocycles. The van der Waals surface area contributed by atoms with Crippen molar-refractivity contribution < 1.29 is 19.2 Å². The van der Waals surface area contributed by atoms with Gasteiger partial charge in [0.05, 0.1) is 42.7 Å². The molecule has 2 aliphatic rings. The lowest BCUT2D eigenvalue weighted by Crippen LogP contribution is -2.38. The van der Waals surface area contributed by atoms with Gasteiger partial charge in [-0.15, -0.1) is 0 Å². The highest BCUT2D eigenvalue weighted by Crippen LogP contribution is 2.32. The molecule has 0 radical (unpaired) electrons. The van der Waals surface area contributed by atoms with Crippen molar-refractivity contribution in [2.75, 3.05) is 67.7 Å². The van der Waals surface area contributed by atoms with E-state index in [1.54, 1.807) is 13.0 Å². The van der Waals surface area contributed by atoms with Crippen LogP contribution < -0.4 is 15.1 Å². The number of nitrogens with one attached hydrogen (secondary N) is 1. The van der Waals surface area contributed by atoms with Crippen LogP contribution in [0.25, 0.3) is 0 Å². The van der Waals surface area contributed by atoms with Crippen LogP contribution in [0.3, 0.4) is 0 Å². The van der Waals surface area contributed by atoms with E-state index in [1.807, 2.05) is 12.1 Å². The lowest BCUT2D eigenvalue weighted by atomic mass is 10.1. The molecule has 2 saturated heterocycles. The Morgan fingerprint density at radius 1 is 0.968 bits per heavy atom. The van der Waals surface area contributed by atoms with Crippen molar-refractivity contribution in [3.63, 3.8) is 0 Å². The zero-order chi connectivity index (χ0) is 21.8. The number of carbonyl (C=O) groups is 1. The largest absolute Gasteiger partial charge is 0.378 e. The van der Waals surface area contributed by atoms with E-state index in [0.717, 1.165) is 37.6 Å². The molecule has 9 nitrogen and oxygen atoms in total. The fourth-order valence-corrected chi connectivity index (χ4v) is 3.91. The molecule has 0 spiro atoms. The van der Waals surface area contributed by atoms with Gasteiger partial charge in [-0.05, 0) is 37.3 Å². The third-order valence-electron chi connectivity index (χ3n) is 5.61. The summed E-state index contributed by atoms with van der Waals surface area (Å²) in [5, 5.41) is 14.0. The van der Waals surface area contributed by atoms with E-state index in [0.29, 0.717) is 43.2 Å². The summed E-state index contributed by atoms with van der Waals surface area (Å²) in [5.74, 6) is -0.299. The molecule has 0 unspecified atom stereocenters. The van der Waals surface area contributed by atoms with Gasteiger partial charge in [0.1, 0.15) is 0 Å². The molecule has 164 valence electrons. The predicted octanol–water partition coefficient (Wildman–Crippen LogP) is 2.83. The topological polar surface area (TPSA) is 97.2 Å². The molecule has 1 amide bonds. The summed E-state index contributed by atoms with van der Waals surface area (Å²) in [4.78, 5) is 28.0. The number of carbonyl (C=O) groups excluding carboxylic acids is 1. The lowest BCUT2D eigenvalue weighted by molar-refractivity contribution is -0.385. The van der Waals surface area contributed by atoms with E-state index in [-0.39, 0.29) is 11.6 Å². The zero-order valence-electron chi connectivity index (χ0n) is 17.5. The molecule has 31 heavy (non-hydrogen) atoms. The highest BCUT2D eigenvalue weighted by atomic mass is 16.6. The summed E-state index contributed by atoms with van der Waals surface area (Å²) in [6.45, 7) is 7.44. The second-order valence-corrected chi connectivity index (χ2v) is 7.61. The molecule has 4 rings (SSSR count). The number of ether oxygens (including phenoxy) is 2. The Balaban J connectivity index is 1.61. The minimum Gasteiger partial charge on any atom is -0.378 e. The Morgan fingerprint density at radius 3 is 2.23 bits per heavy atom. The normalized spacial score (nSPS) is 16.8. The second-order valence-electron chi connectivity index (χ2n) is 7.61. The van der Waals surface area contributed by atoms with Crippen LogP contribution in [-0.4, -0.2) is 63.4 Å². The van der Waals surface area contributed by atoms with Crippen LogP contribution in [0.4, 0.5) is 22.7 Å². The molecular formula is C22H26N4O5. The monoisotopic (exact) mass is 426 g/mol. The Kier molecular flexibility index (Phi) is 6.34. The summed E-state index contributed by atoms with van der Waals surface area (Å²) >= 11 is 0. The number of hydrogen-bond acceptors (Lipinski definition) is 7. The van der Waals surface area contributed by atoms with Gasteiger partial charge in [-0.2, -0.15) is 0 Å². The molecule has 9 heteroatoms. The van der Waals surface area contributed by atoms with Crippen LogP contribution in [0.1, 0.15) is 15.9 Å². The van der Waals surface area contributed by atoms with Crippen molar-refractivity contribution in [2.45, 2.75) is 6.92 Å².